The molecule has 0 fully saturated rings. The topological polar surface area (TPSA) is 75.7 Å². The predicted octanol–water partition coefficient (Wildman–Crippen LogP) is 2.92. The number of benzene rings is 1. The molecule has 106 valence electrons. The van der Waals surface area contributed by atoms with Gasteiger partial charge in [0.15, 0.2) is 0 Å². The van der Waals surface area contributed by atoms with E-state index >= 15 is 0 Å². The van der Waals surface area contributed by atoms with Crippen LogP contribution in [0.15, 0.2) is 41.4 Å². The van der Waals surface area contributed by atoms with Crippen molar-refractivity contribution in [3.05, 3.63) is 53.4 Å². The molecule has 0 aliphatic rings. The smallest absolute Gasteiger partial charge is 0.335 e. The normalized spacial score (nSPS) is 12.1. The van der Waals surface area contributed by atoms with Gasteiger partial charge in [-0.2, -0.15) is 0 Å². The highest BCUT2D eigenvalue weighted by molar-refractivity contribution is 5.92. The predicted molar refractivity (Wildman–Crippen MR) is 77.9 cm³/mol. The third-order valence-electron chi connectivity index (χ3n) is 2.72. The zero-order chi connectivity index (χ0) is 15.3. The lowest BCUT2D eigenvalue weighted by Crippen LogP contribution is -1.99. The van der Waals surface area contributed by atoms with E-state index in [-0.39, 0.29) is 23.0 Å². The standard InChI is InChI=1S/C15H17FN2O2/c1-9(2)12-5-4-11(7-13(12)16)14(18-8-17)6-10(3)15(19)20/h4-9H,3H2,1-2H3,(H2,17,18)(H,19,20)/b14-6-. The molecule has 4 nitrogen and oxygen atoms in total. The van der Waals surface area contributed by atoms with Crippen molar-refractivity contribution in [3.63, 3.8) is 0 Å². The molecular weight excluding hydrogens is 259 g/mol. The number of hydrogen-bond acceptors (Lipinski definition) is 2. The van der Waals surface area contributed by atoms with Gasteiger partial charge in [-0.25, -0.2) is 14.2 Å². The fourth-order valence-corrected chi connectivity index (χ4v) is 1.66. The minimum atomic E-state index is -1.17. The summed E-state index contributed by atoms with van der Waals surface area (Å²) in [6, 6.07) is 4.63. The van der Waals surface area contributed by atoms with Gasteiger partial charge in [0.05, 0.1) is 17.6 Å². The summed E-state index contributed by atoms with van der Waals surface area (Å²) in [5.41, 5.74) is 6.35. The van der Waals surface area contributed by atoms with E-state index in [1.54, 1.807) is 12.1 Å². The lowest BCUT2D eigenvalue weighted by Gasteiger charge is -2.09. The second-order valence-corrected chi connectivity index (χ2v) is 4.53. The third-order valence-corrected chi connectivity index (χ3v) is 2.72. The quantitative estimate of drug-likeness (QED) is 0.376. The van der Waals surface area contributed by atoms with Crippen LogP contribution in [0.2, 0.25) is 0 Å². The Morgan fingerprint density at radius 2 is 2.15 bits per heavy atom. The number of aliphatic carboxylic acids is 1. The van der Waals surface area contributed by atoms with E-state index in [0.29, 0.717) is 11.1 Å². The number of carboxylic acid groups (broad SMARTS) is 1. The first-order chi connectivity index (χ1) is 9.36. The van der Waals surface area contributed by atoms with Crippen molar-refractivity contribution in [3.8, 4) is 0 Å². The monoisotopic (exact) mass is 276 g/mol. The number of carbonyl (C=O) groups is 1. The van der Waals surface area contributed by atoms with Gasteiger partial charge in [0.2, 0.25) is 0 Å². The molecule has 0 atom stereocenters. The van der Waals surface area contributed by atoms with Gasteiger partial charge in [-0.15, -0.1) is 0 Å². The molecule has 20 heavy (non-hydrogen) atoms. The average Bonchev–Trinajstić information content (AvgIpc) is 2.37. The maximum atomic E-state index is 13.9. The van der Waals surface area contributed by atoms with Gasteiger partial charge >= 0.3 is 5.97 Å². The van der Waals surface area contributed by atoms with E-state index in [9.17, 15) is 9.18 Å². The van der Waals surface area contributed by atoms with Crippen molar-refractivity contribution in [2.45, 2.75) is 19.8 Å². The van der Waals surface area contributed by atoms with E-state index in [0.717, 1.165) is 6.34 Å². The number of nitrogens with zero attached hydrogens (tertiary/aromatic N) is 1. The molecule has 0 radical (unpaired) electrons. The summed E-state index contributed by atoms with van der Waals surface area (Å²) < 4.78 is 13.9. The molecular formula is C15H17FN2O2. The third kappa shape index (κ3) is 3.78. The van der Waals surface area contributed by atoms with Crippen molar-refractivity contribution < 1.29 is 14.3 Å². The van der Waals surface area contributed by atoms with Gasteiger partial charge in [-0.1, -0.05) is 32.6 Å². The van der Waals surface area contributed by atoms with Crippen molar-refractivity contribution in [1.82, 2.24) is 0 Å². The van der Waals surface area contributed by atoms with Crippen molar-refractivity contribution in [2.24, 2.45) is 10.7 Å². The first-order valence-electron chi connectivity index (χ1n) is 6.04. The van der Waals surface area contributed by atoms with E-state index in [2.05, 4.69) is 11.6 Å². The minimum absolute atomic E-state index is 0.0588. The first-order valence-corrected chi connectivity index (χ1v) is 6.04. The molecule has 0 heterocycles. The van der Waals surface area contributed by atoms with Crippen molar-refractivity contribution >= 4 is 18.0 Å². The molecule has 1 rings (SSSR count). The molecule has 0 bridgehead atoms. The summed E-state index contributed by atoms with van der Waals surface area (Å²) in [5, 5.41) is 8.82. The number of halogens is 1. The van der Waals surface area contributed by atoms with Crippen LogP contribution >= 0.6 is 0 Å². The largest absolute Gasteiger partial charge is 0.478 e. The molecule has 1 aromatic carbocycles. The lowest BCUT2D eigenvalue weighted by molar-refractivity contribution is -0.132. The Labute approximate surface area is 117 Å². The molecule has 0 saturated carbocycles. The van der Waals surface area contributed by atoms with Gasteiger partial charge in [-0.05, 0) is 23.6 Å². The van der Waals surface area contributed by atoms with Gasteiger partial charge in [0.25, 0.3) is 0 Å². The molecule has 3 N–H and O–H groups in total. The summed E-state index contributed by atoms with van der Waals surface area (Å²) in [5.74, 6) is -1.48. The Balaban J connectivity index is 3.27. The molecule has 5 heteroatoms. The molecule has 0 aliphatic heterocycles. The average molecular weight is 276 g/mol. The first kappa shape index (κ1) is 15.6. The zero-order valence-electron chi connectivity index (χ0n) is 11.4. The molecule has 1 aromatic rings. The minimum Gasteiger partial charge on any atom is -0.478 e. The summed E-state index contributed by atoms with van der Waals surface area (Å²) in [4.78, 5) is 14.6. The van der Waals surface area contributed by atoms with Crippen LogP contribution in [-0.2, 0) is 4.79 Å². The van der Waals surface area contributed by atoms with Gasteiger partial charge < -0.3 is 10.8 Å². The number of nitrogens with two attached hydrogens (primary N) is 1. The molecule has 0 spiro atoms. The summed E-state index contributed by atoms with van der Waals surface area (Å²) in [6.45, 7) is 7.16. The highest BCUT2D eigenvalue weighted by atomic mass is 19.1. The maximum absolute atomic E-state index is 13.9. The fraction of sp³-hybridized carbons (Fsp3) is 0.200. The number of aliphatic imine (C=N–C) groups is 1. The Morgan fingerprint density at radius 3 is 2.60 bits per heavy atom. The van der Waals surface area contributed by atoms with Crippen LogP contribution in [0.1, 0.15) is 30.9 Å². The van der Waals surface area contributed by atoms with Gasteiger partial charge in [0, 0.05) is 5.56 Å². The maximum Gasteiger partial charge on any atom is 0.335 e. The van der Waals surface area contributed by atoms with E-state index in [1.807, 2.05) is 13.8 Å². The van der Waals surface area contributed by atoms with Crippen LogP contribution in [0.4, 0.5) is 4.39 Å². The van der Waals surface area contributed by atoms with E-state index in [4.69, 9.17) is 10.8 Å². The molecule has 0 amide bonds. The van der Waals surface area contributed by atoms with Crippen LogP contribution in [-0.4, -0.2) is 17.4 Å². The second-order valence-electron chi connectivity index (χ2n) is 4.53. The molecule has 0 saturated heterocycles. The van der Waals surface area contributed by atoms with Crippen LogP contribution in [0.5, 0.6) is 0 Å². The van der Waals surface area contributed by atoms with Gasteiger partial charge in [0.1, 0.15) is 5.82 Å². The van der Waals surface area contributed by atoms with E-state index < -0.39 is 5.97 Å². The van der Waals surface area contributed by atoms with Crippen LogP contribution in [0, 0.1) is 5.82 Å². The lowest BCUT2D eigenvalue weighted by atomic mass is 9.99. The number of carboxylic acids is 1. The summed E-state index contributed by atoms with van der Waals surface area (Å²) >= 11 is 0. The Hall–Kier alpha value is -2.43. The highest BCUT2D eigenvalue weighted by Crippen LogP contribution is 2.24. The van der Waals surface area contributed by atoms with Crippen LogP contribution < -0.4 is 5.73 Å². The SMILES string of the molecule is C=C(/C=C(\N=CN)c1ccc(C(C)C)c(F)c1)C(=O)O. The number of hydrogen-bond donors (Lipinski definition) is 2. The number of rotatable bonds is 5. The zero-order valence-corrected chi connectivity index (χ0v) is 11.4. The van der Waals surface area contributed by atoms with Crippen molar-refractivity contribution in [2.75, 3.05) is 0 Å². The van der Waals surface area contributed by atoms with Crippen LogP contribution in [0.25, 0.3) is 5.70 Å². The van der Waals surface area contributed by atoms with E-state index in [1.165, 1.54) is 12.1 Å². The Morgan fingerprint density at radius 1 is 1.50 bits per heavy atom. The fourth-order valence-electron chi connectivity index (χ4n) is 1.66. The van der Waals surface area contributed by atoms with Crippen molar-refractivity contribution in [1.29, 1.82) is 0 Å². The molecule has 0 unspecified atom stereocenters. The summed E-state index contributed by atoms with van der Waals surface area (Å²) in [6.07, 6.45) is 2.27. The molecule has 0 aromatic heterocycles. The van der Waals surface area contributed by atoms with Crippen LogP contribution in [0.3, 0.4) is 0 Å². The Bertz CT molecular complexity index is 590. The Kier molecular flexibility index (Phi) is 5.20. The molecule has 0 aliphatic carbocycles. The van der Waals surface area contributed by atoms with Gasteiger partial charge in [-0.3, -0.25) is 0 Å². The summed E-state index contributed by atoms with van der Waals surface area (Å²) in [7, 11) is 0. The second kappa shape index (κ2) is 6.65. The highest BCUT2D eigenvalue weighted by Gasteiger charge is 2.10.